The number of hydrogen-bond donors (Lipinski definition) is 1. The first-order valence-corrected chi connectivity index (χ1v) is 9.72. The van der Waals surface area contributed by atoms with E-state index in [1.54, 1.807) is 0 Å². The molecular weight excluding hydrogens is 396 g/mol. The Morgan fingerprint density at radius 1 is 1.03 bits per heavy atom. The summed E-state index contributed by atoms with van der Waals surface area (Å²) < 4.78 is 45.9. The van der Waals surface area contributed by atoms with Crippen LogP contribution in [0, 0.1) is 5.92 Å². The molecule has 1 N–H and O–H groups in total. The van der Waals surface area contributed by atoms with Crippen molar-refractivity contribution >= 4 is 5.91 Å². The van der Waals surface area contributed by atoms with Crippen molar-refractivity contribution < 1.29 is 32.5 Å². The molecule has 30 heavy (non-hydrogen) atoms. The van der Waals surface area contributed by atoms with Gasteiger partial charge in [0, 0.05) is 12.0 Å². The van der Waals surface area contributed by atoms with Crippen LogP contribution in [0.15, 0.2) is 36.4 Å². The Morgan fingerprint density at radius 2 is 1.77 bits per heavy atom. The number of carbonyl (C=O) groups is 1. The topological polar surface area (TPSA) is 66.0 Å². The summed E-state index contributed by atoms with van der Waals surface area (Å²) in [4.78, 5) is 12.9. The van der Waals surface area contributed by atoms with Gasteiger partial charge in [0.2, 0.25) is 0 Å². The minimum Gasteiger partial charge on any atom is -0.493 e. The number of benzene rings is 2. The van der Waals surface area contributed by atoms with E-state index in [0.29, 0.717) is 24.7 Å². The smallest absolute Gasteiger partial charge is 0.387 e. The highest BCUT2D eigenvalue weighted by molar-refractivity contribution is 5.95. The van der Waals surface area contributed by atoms with E-state index < -0.39 is 6.61 Å². The lowest BCUT2D eigenvalue weighted by Gasteiger charge is -2.24. The maximum atomic E-state index is 12.9. The van der Waals surface area contributed by atoms with E-state index in [9.17, 15) is 13.6 Å². The van der Waals surface area contributed by atoms with Gasteiger partial charge in [-0.2, -0.15) is 8.78 Å². The standard InChI is InChI=1S/C22H25F2NO5/c1-13(2)20(14-5-7-16-19(11-14)29-10-4-9-28-16)25-21(26)15-6-8-17(30-22(23)24)18(12-15)27-3/h5-8,11-13,20,22H,4,9-10H2,1-3H3,(H,25,26)/t20-/m0/s1. The van der Waals surface area contributed by atoms with Crippen molar-refractivity contribution in [1.82, 2.24) is 5.32 Å². The molecular formula is C22H25F2NO5. The van der Waals surface area contributed by atoms with Gasteiger partial charge in [-0.3, -0.25) is 4.79 Å². The molecule has 6 nitrogen and oxygen atoms in total. The lowest BCUT2D eigenvalue weighted by molar-refractivity contribution is -0.0512. The average Bonchev–Trinajstić information content (AvgIpc) is 2.96. The van der Waals surface area contributed by atoms with Crippen LogP contribution in [0.5, 0.6) is 23.0 Å². The zero-order valence-electron chi connectivity index (χ0n) is 17.1. The molecule has 1 amide bonds. The van der Waals surface area contributed by atoms with Gasteiger partial charge in [-0.25, -0.2) is 0 Å². The molecule has 0 saturated heterocycles. The van der Waals surface area contributed by atoms with Crippen molar-refractivity contribution in [2.24, 2.45) is 5.92 Å². The molecule has 0 saturated carbocycles. The van der Waals surface area contributed by atoms with Crippen molar-refractivity contribution in [2.75, 3.05) is 20.3 Å². The molecule has 2 aromatic carbocycles. The Hall–Kier alpha value is -3.03. The molecule has 162 valence electrons. The SMILES string of the molecule is COc1cc(C(=O)N[C@H](c2ccc3c(c2)OCCCO3)C(C)C)ccc1OC(F)F. The molecule has 1 aliphatic heterocycles. The second-order valence-electron chi connectivity index (χ2n) is 7.20. The molecule has 1 atom stereocenters. The molecule has 8 heteroatoms. The van der Waals surface area contributed by atoms with Crippen molar-refractivity contribution in [1.29, 1.82) is 0 Å². The van der Waals surface area contributed by atoms with Crippen LogP contribution in [0.2, 0.25) is 0 Å². The molecule has 0 fully saturated rings. The van der Waals surface area contributed by atoms with Crippen molar-refractivity contribution in [3.63, 3.8) is 0 Å². The third-order valence-corrected chi connectivity index (χ3v) is 4.73. The van der Waals surface area contributed by atoms with Crippen molar-refractivity contribution in [3.05, 3.63) is 47.5 Å². The van der Waals surface area contributed by atoms with Gasteiger partial charge in [0.1, 0.15) is 0 Å². The summed E-state index contributed by atoms with van der Waals surface area (Å²) in [5.74, 6) is 0.987. The zero-order valence-corrected chi connectivity index (χ0v) is 17.1. The van der Waals surface area contributed by atoms with Gasteiger partial charge in [0.05, 0.1) is 26.4 Å². The summed E-state index contributed by atoms with van der Waals surface area (Å²) in [6.07, 6.45) is 0.807. The number of ether oxygens (including phenoxy) is 4. The Kier molecular flexibility index (Phi) is 6.97. The van der Waals surface area contributed by atoms with Gasteiger partial charge in [-0.15, -0.1) is 0 Å². The highest BCUT2D eigenvalue weighted by atomic mass is 19.3. The fraction of sp³-hybridized carbons (Fsp3) is 0.409. The van der Waals surface area contributed by atoms with Crippen LogP contribution in [-0.4, -0.2) is 32.8 Å². The first kappa shape index (κ1) is 21.7. The van der Waals surface area contributed by atoms with Gasteiger partial charge in [-0.05, 0) is 41.8 Å². The maximum Gasteiger partial charge on any atom is 0.387 e. The fourth-order valence-corrected chi connectivity index (χ4v) is 3.23. The number of hydrogen-bond acceptors (Lipinski definition) is 5. The Bertz CT molecular complexity index is 888. The van der Waals surface area contributed by atoms with Crippen molar-refractivity contribution in [3.8, 4) is 23.0 Å². The second kappa shape index (κ2) is 9.65. The molecule has 0 spiro atoms. The summed E-state index contributed by atoms with van der Waals surface area (Å²) in [7, 11) is 1.32. The Labute approximate surface area is 174 Å². The average molecular weight is 421 g/mol. The molecule has 0 radical (unpaired) electrons. The fourth-order valence-electron chi connectivity index (χ4n) is 3.23. The maximum absolute atomic E-state index is 12.9. The van der Waals surface area contributed by atoms with E-state index in [2.05, 4.69) is 10.1 Å². The van der Waals surface area contributed by atoms with Crippen LogP contribution in [0.1, 0.15) is 42.2 Å². The van der Waals surface area contributed by atoms with Gasteiger partial charge < -0.3 is 24.3 Å². The van der Waals surface area contributed by atoms with Gasteiger partial charge in [0.25, 0.3) is 5.91 Å². The predicted octanol–water partition coefficient (Wildman–Crippen LogP) is 4.59. The number of rotatable bonds is 7. The molecule has 3 rings (SSSR count). The van der Waals surface area contributed by atoms with Gasteiger partial charge in [-0.1, -0.05) is 19.9 Å². The molecule has 2 aromatic rings. The summed E-state index contributed by atoms with van der Waals surface area (Å²) in [6, 6.07) is 9.41. The molecule has 0 aromatic heterocycles. The molecule has 1 heterocycles. The summed E-state index contributed by atoms with van der Waals surface area (Å²) >= 11 is 0. The number of halogens is 2. The molecule has 0 aliphatic carbocycles. The molecule has 1 aliphatic rings. The third-order valence-electron chi connectivity index (χ3n) is 4.73. The van der Waals surface area contributed by atoms with E-state index in [-0.39, 0.29) is 34.9 Å². The highest BCUT2D eigenvalue weighted by Gasteiger charge is 2.23. The Balaban J connectivity index is 1.82. The van der Waals surface area contributed by atoms with E-state index >= 15 is 0 Å². The Morgan fingerprint density at radius 3 is 2.43 bits per heavy atom. The predicted molar refractivity (Wildman–Crippen MR) is 107 cm³/mol. The number of alkyl halides is 2. The number of nitrogens with one attached hydrogen (secondary N) is 1. The minimum atomic E-state index is -2.98. The van der Waals surface area contributed by atoms with Gasteiger partial charge in [0.15, 0.2) is 23.0 Å². The zero-order chi connectivity index (χ0) is 21.7. The lowest BCUT2D eigenvalue weighted by atomic mass is 9.95. The van der Waals surface area contributed by atoms with Crippen LogP contribution in [0.25, 0.3) is 0 Å². The van der Waals surface area contributed by atoms with E-state index in [1.807, 2.05) is 32.0 Å². The quantitative estimate of drug-likeness (QED) is 0.709. The number of amides is 1. The number of methoxy groups -OCH3 is 1. The van der Waals surface area contributed by atoms with Crippen LogP contribution >= 0.6 is 0 Å². The van der Waals surface area contributed by atoms with Crippen LogP contribution in [0.4, 0.5) is 8.78 Å². The first-order valence-electron chi connectivity index (χ1n) is 9.72. The van der Waals surface area contributed by atoms with Crippen LogP contribution < -0.4 is 24.3 Å². The largest absolute Gasteiger partial charge is 0.493 e. The first-order chi connectivity index (χ1) is 14.4. The third kappa shape index (κ3) is 5.11. The molecule has 0 bridgehead atoms. The van der Waals surface area contributed by atoms with E-state index in [4.69, 9.17) is 14.2 Å². The highest BCUT2D eigenvalue weighted by Crippen LogP contribution is 2.35. The summed E-state index contributed by atoms with van der Waals surface area (Å²) in [5.41, 5.74) is 1.15. The normalized spacial score (nSPS) is 14.2. The van der Waals surface area contributed by atoms with Crippen LogP contribution in [-0.2, 0) is 0 Å². The van der Waals surface area contributed by atoms with Crippen molar-refractivity contribution in [2.45, 2.75) is 32.9 Å². The number of carbonyl (C=O) groups excluding carboxylic acids is 1. The summed E-state index contributed by atoms with van der Waals surface area (Å²) in [6.45, 7) is 2.18. The van der Waals surface area contributed by atoms with Gasteiger partial charge >= 0.3 is 6.61 Å². The molecule has 0 unspecified atom stereocenters. The second-order valence-corrected chi connectivity index (χ2v) is 7.20. The van der Waals surface area contributed by atoms with E-state index in [1.165, 1.54) is 25.3 Å². The number of fused-ring (bicyclic) bond motifs is 1. The minimum absolute atomic E-state index is 0.0552. The van der Waals surface area contributed by atoms with E-state index in [0.717, 1.165) is 12.0 Å². The summed E-state index contributed by atoms with van der Waals surface area (Å²) in [5, 5.41) is 3.00. The monoisotopic (exact) mass is 421 g/mol. The van der Waals surface area contributed by atoms with Crippen LogP contribution in [0.3, 0.4) is 0 Å². The lowest BCUT2D eigenvalue weighted by Crippen LogP contribution is -2.31.